The quantitative estimate of drug-likeness (QED) is 0.917. The number of ether oxygens (including phenoxy) is 1. The van der Waals surface area contributed by atoms with Crippen molar-refractivity contribution in [3.05, 3.63) is 41.1 Å². The summed E-state index contributed by atoms with van der Waals surface area (Å²) < 4.78 is 7.34. The van der Waals surface area contributed by atoms with Crippen molar-refractivity contribution in [1.82, 2.24) is 9.78 Å². The van der Waals surface area contributed by atoms with E-state index in [1.54, 1.807) is 11.8 Å². The molecule has 0 bridgehead atoms. The summed E-state index contributed by atoms with van der Waals surface area (Å²) in [6.45, 7) is 8.23. The number of nitrogens with zero attached hydrogens (tertiary/aromatic N) is 2. The molecule has 5 nitrogen and oxygen atoms in total. The predicted octanol–water partition coefficient (Wildman–Crippen LogP) is 3.50. The third-order valence-corrected chi connectivity index (χ3v) is 3.71. The Kier molecular flexibility index (Phi) is 4.78. The van der Waals surface area contributed by atoms with Crippen LogP contribution in [-0.2, 0) is 16.6 Å². The molecular weight excluding hydrogens is 292 g/mol. The first-order valence-corrected chi connectivity index (χ1v) is 7.69. The van der Waals surface area contributed by atoms with Gasteiger partial charge in [0.1, 0.15) is 0 Å². The van der Waals surface area contributed by atoms with Crippen LogP contribution >= 0.6 is 0 Å². The molecule has 0 amide bonds. The summed E-state index contributed by atoms with van der Waals surface area (Å²) in [6, 6.07) is 8.00. The Morgan fingerprint density at radius 3 is 2.35 bits per heavy atom. The van der Waals surface area contributed by atoms with E-state index in [2.05, 4.69) is 20.8 Å². The number of aromatic nitrogens is 2. The molecule has 0 aliphatic carbocycles. The van der Waals surface area contributed by atoms with Gasteiger partial charge in [-0.05, 0) is 25.5 Å². The molecule has 1 heterocycles. The van der Waals surface area contributed by atoms with Crippen LogP contribution in [0.5, 0.6) is 5.88 Å². The van der Waals surface area contributed by atoms with E-state index in [4.69, 9.17) is 14.9 Å². The smallest absolute Gasteiger partial charge is 0.303 e. The largest absolute Gasteiger partial charge is 0.481 e. The molecule has 0 aliphatic heterocycles. The lowest BCUT2D eigenvalue weighted by Gasteiger charge is -2.17. The van der Waals surface area contributed by atoms with Gasteiger partial charge < -0.3 is 9.84 Å². The highest BCUT2D eigenvalue weighted by molar-refractivity contribution is 5.67. The van der Waals surface area contributed by atoms with Gasteiger partial charge in [-0.1, -0.05) is 38.5 Å². The van der Waals surface area contributed by atoms with Gasteiger partial charge in [-0.25, -0.2) is 4.68 Å². The predicted molar refractivity (Wildman–Crippen MR) is 89.5 cm³/mol. The highest BCUT2D eigenvalue weighted by Gasteiger charge is 2.28. The number of aryl methyl sites for hydroxylation is 1. The first-order valence-electron chi connectivity index (χ1n) is 7.69. The zero-order chi connectivity index (χ0) is 17.2. The van der Waals surface area contributed by atoms with Gasteiger partial charge in [0.15, 0.2) is 0 Å². The van der Waals surface area contributed by atoms with Gasteiger partial charge in [-0.2, -0.15) is 5.10 Å². The Morgan fingerprint density at radius 2 is 1.87 bits per heavy atom. The highest BCUT2D eigenvalue weighted by Crippen LogP contribution is 2.34. The maximum absolute atomic E-state index is 11.0. The van der Waals surface area contributed by atoms with Crippen LogP contribution in [0.1, 0.15) is 44.0 Å². The number of carboxylic acid groups (broad SMARTS) is 1. The molecule has 0 unspecified atom stereocenters. The van der Waals surface area contributed by atoms with Crippen molar-refractivity contribution >= 4 is 5.97 Å². The van der Waals surface area contributed by atoms with Crippen LogP contribution in [0.2, 0.25) is 0 Å². The Bertz CT molecular complexity index is 694. The van der Waals surface area contributed by atoms with Crippen molar-refractivity contribution in [3.8, 4) is 11.6 Å². The summed E-state index contributed by atoms with van der Waals surface area (Å²) in [5.74, 6) is -0.213. The lowest BCUT2D eigenvalue weighted by atomic mass is 9.88. The molecule has 124 valence electrons. The number of carbonyl (C=O) groups is 1. The monoisotopic (exact) mass is 316 g/mol. The molecule has 0 atom stereocenters. The minimum Gasteiger partial charge on any atom is -0.481 e. The number of aliphatic carboxylic acids is 1. The van der Waals surface area contributed by atoms with Crippen molar-refractivity contribution in [3.63, 3.8) is 0 Å². The summed E-state index contributed by atoms with van der Waals surface area (Å²) >= 11 is 0. The van der Waals surface area contributed by atoms with E-state index in [1.807, 2.05) is 31.2 Å². The molecule has 1 N–H and O–H groups in total. The van der Waals surface area contributed by atoms with Crippen molar-refractivity contribution in [2.45, 2.75) is 46.0 Å². The molecule has 0 saturated carbocycles. The van der Waals surface area contributed by atoms with Gasteiger partial charge in [0.05, 0.1) is 18.5 Å². The fraction of sp³-hybridized carbons (Fsp3) is 0.444. The summed E-state index contributed by atoms with van der Waals surface area (Å²) in [5.41, 5.74) is 3.61. The van der Waals surface area contributed by atoms with E-state index >= 15 is 0 Å². The average Bonchev–Trinajstić information content (AvgIpc) is 2.84. The fourth-order valence-electron chi connectivity index (χ4n) is 2.57. The van der Waals surface area contributed by atoms with Gasteiger partial charge in [0.25, 0.3) is 0 Å². The molecule has 2 rings (SSSR count). The van der Waals surface area contributed by atoms with Gasteiger partial charge in [-0.3, -0.25) is 4.79 Å². The van der Waals surface area contributed by atoms with E-state index in [9.17, 15) is 4.79 Å². The van der Waals surface area contributed by atoms with Crippen molar-refractivity contribution in [2.24, 2.45) is 0 Å². The summed E-state index contributed by atoms with van der Waals surface area (Å²) in [5, 5.41) is 13.7. The molecule has 23 heavy (non-hydrogen) atoms. The molecular formula is C18H24N2O3. The zero-order valence-corrected chi connectivity index (χ0v) is 14.4. The Morgan fingerprint density at radius 1 is 1.26 bits per heavy atom. The fourth-order valence-corrected chi connectivity index (χ4v) is 2.57. The number of methoxy groups -OCH3 is 1. The second-order valence-corrected chi connectivity index (χ2v) is 6.73. The Hall–Kier alpha value is -2.30. The number of benzene rings is 1. The van der Waals surface area contributed by atoms with E-state index in [0.717, 1.165) is 16.9 Å². The molecule has 0 spiro atoms. The minimum atomic E-state index is -0.824. The molecule has 1 aromatic carbocycles. The van der Waals surface area contributed by atoms with Crippen LogP contribution in [0.15, 0.2) is 24.3 Å². The first-order chi connectivity index (χ1) is 10.7. The lowest BCUT2D eigenvalue weighted by Crippen LogP contribution is -2.15. The van der Waals surface area contributed by atoms with Crippen LogP contribution in [0.3, 0.4) is 0 Å². The molecule has 0 fully saturated rings. The van der Waals surface area contributed by atoms with E-state index in [-0.39, 0.29) is 11.8 Å². The minimum absolute atomic E-state index is 0.0546. The SMILES string of the molecule is COc1c(CCC(=O)O)c(C(C)(C)C)nn1-c1ccc(C)cc1. The Balaban J connectivity index is 2.59. The van der Waals surface area contributed by atoms with E-state index in [0.29, 0.717) is 12.3 Å². The number of hydrogen-bond acceptors (Lipinski definition) is 3. The number of rotatable bonds is 5. The zero-order valence-electron chi connectivity index (χ0n) is 14.4. The van der Waals surface area contributed by atoms with Crippen LogP contribution < -0.4 is 4.74 Å². The maximum atomic E-state index is 11.0. The lowest BCUT2D eigenvalue weighted by molar-refractivity contribution is -0.136. The van der Waals surface area contributed by atoms with Crippen molar-refractivity contribution < 1.29 is 14.6 Å². The van der Waals surface area contributed by atoms with Gasteiger partial charge in [0, 0.05) is 17.4 Å². The van der Waals surface area contributed by atoms with E-state index in [1.165, 1.54) is 5.56 Å². The highest BCUT2D eigenvalue weighted by atomic mass is 16.5. The van der Waals surface area contributed by atoms with Crippen LogP contribution in [0.4, 0.5) is 0 Å². The normalized spacial score (nSPS) is 11.5. The number of carboxylic acids is 1. The van der Waals surface area contributed by atoms with Gasteiger partial charge in [0.2, 0.25) is 5.88 Å². The molecule has 1 aromatic heterocycles. The molecule has 0 saturated heterocycles. The summed E-state index contributed by atoms with van der Waals surface area (Å²) in [7, 11) is 1.60. The second-order valence-electron chi connectivity index (χ2n) is 6.73. The molecule has 0 radical (unpaired) electrons. The third-order valence-electron chi connectivity index (χ3n) is 3.71. The standard InChI is InChI=1S/C18H24N2O3/c1-12-6-8-13(9-7-12)20-17(23-5)14(10-11-15(21)22)16(19-20)18(2,3)4/h6-9H,10-11H2,1-5H3,(H,21,22). The van der Waals surface area contributed by atoms with Crippen molar-refractivity contribution in [2.75, 3.05) is 7.11 Å². The summed E-state index contributed by atoms with van der Waals surface area (Å²) in [6.07, 6.45) is 0.454. The van der Waals surface area contributed by atoms with E-state index < -0.39 is 5.97 Å². The Labute approximate surface area is 136 Å². The molecule has 0 aliphatic rings. The topological polar surface area (TPSA) is 64.3 Å². The first kappa shape index (κ1) is 17.1. The molecule has 2 aromatic rings. The second kappa shape index (κ2) is 6.44. The summed E-state index contributed by atoms with van der Waals surface area (Å²) in [4.78, 5) is 11.0. The van der Waals surface area contributed by atoms with Crippen LogP contribution in [0.25, 0.3) is 5.69 Å². The average molecular weight is 316 g/mol. The van der Waals surface area contributed by atoms with Gasteiger partial charge in [-0.15, -0.1) is 0 Å². The number of hydrogen-bond donors (Lipinski definition) is 1. The van der Waals surface area contributed by atoms with Gasteiger partial charge >= 0.3 is 5.97 Å². The maximum Gasteiger partial charge on any atom is 0.303 e. The van der Waals surface area contributed by atoms with Crippen LogP contribution in [-0.4, -0.2) is 28.0 Å². The molecule has 5 heteroatoms. The third kappa shape index (κ3) is 3.73. The van der Waals surface area contributed by atoms with Crippen LogP contribution in [0, 0.1) is 6.92 Å². The van der Waals surface area contributed by atoms with Crippen molar-refractivity contribution in [1.29, 1.82) is 0 Å².